The van der Waals surface area contributed by atoms with Gasteiger partial charge in [-0.05, 0) is 48.5 Å². The molecule has 116 valence electrons. The SMILES string of the molecule is CN(C)Cc1ccc(-c2ccnc3[nH]cc(C#N)c23)cc1CN. The molecule has 0 saturated heterocycles. The highest BCUT2D eigenvalue weighted by Gasteiger charge is 2.12. The van der Waals surface area contributed by atoms with Crippen LogP contribution in [0.1, 0.15) is 16.7 Å². The summed E-state index contributed by atoms with van der Waals surface area (Å²) in [7, 11) is 4.08. The zero-order valence-electron chi connectivity index (χ0n) is 13.3. The van der Waals surface area contributed by atoms with Crippen molar-refractivity contribution in [3.8, 4) is 17.2 Å². The maximum atomic E-state index is 9.32. The zero-order chi connectivity index (χ0) is 16.4. The van der Waals surface area contributed by atoms with Crippen molar-refractivity contribution < 1.29 is 0 Å². The van der Waals surface area contributed by atoms with Gasteiger partial charge in [-0.15, -0.1) is 0 Å². The van der Waals surface area contributed by atoms with Crippen LogP contribution in [0.15, 0.2) is 36.7 Å². The van der Waals surface area contributed by atoms with Gasteiger partial charge in [0, 0.05) is 30.9 Å². The second-order valence-electron chi connectivity index (χ2n) is 5.82. The predicted molar refractivity (Wildman–Crippen MR) is 91.5 cm³/mol. The standard InChI is InChI=1S/C18H19N5/c1-23(2)11-13-4-3-12(7-14(13)8-19)16-5-6-21-18-17(16)15(9-20)10-22-18/h3-7,10H,8,11,19H2,1-2H3,(H,21,22). The summed E-state index contributed by atoms with van der Waals surface area (Å²) in [5.41, 5.74) is 11.7. The van der Waals surface area contributed by atoms with Gasteiger partial charge < -0.3 is 15.6 Å². The maximum absolute atomic E-state index is 9.32. The van der Waals surface area contributed by atoms with Crippen molar-refractivity contribution >= 4 is 11.0 Å². The van der Waals surface area contributed by atoms with Crippen LogP contribution < -0.4 is 5.73 Å². The summed E-state index contributed by atoms with van der Waals surface area (Å²) in [5, 5.41) is 10.2. The molecule has 0 aliphatic rings. The lowest BCUT2D eigenvalue weighted by molar-refractivity contribution is 0.401. The lowest BCUT2D eigenvalue weighted by atomic mass is 9.96. The normalized spacial score (nSPS) is 11.1. The summed E-state index contributed by atoms with van der Waals surface area (Å²) in [6, 6.07) is 10.5. The summed E-state index contributed by atoms with van der Waals surface area (Å²) in [6.45, 7) is 1.34. The largest absolute Gasteiger partial charge is 0.345 e. The minimum absolute atomic E-state index is 0.490. The molecule has 2 heterocycles. The number of aromatic amines is 1. The van der Waals surface area contributed by atoms with Crippen molar-refractivity contribution in [2.45, 2.75) is 13.1 Å². The van der Waals surface area contributed by atoms with E-state index >= 15 is 0 Å². The minimum Gasteiger partial charge on any atom is -0.345 e. The molecule has 0 radical (unpaired) electrons. The van der Waals surface area contributed by atoms with E-state index in [9.17, 15) is 5.26 Å². The molecule has 0 bridgehead atoms. The van der Waals surface area contributed by atoms with Crippen LogP contribution in [0.25, 0.3) is 22.2 Å². The highest BCUT2D eigenvalue weighted by atomic mass is 15.0. The Balaban J connectivity index is 2.16. The van der Waals surface area contributed by atoms with E-state index < -0.39 is 0 Å². The molecule has 3 N–H and O–H groups in total. The van der Waals surface area contributed by atoms with Crippen molar-refractivity contribution in [3.05, 3.63) is 53.3 Å². The Morgan fingerprint density at radius 2 is 2.09 bits per heavy atom. The Hall–Kier alpha value is -2.68. The number of benzene rings is 1. The number of H-pyrrole nitrogens is 1. The molecule has 0 amide bonds. The van der Waals surface area contributed by atoms with Crippen LogP contribution >= 0.6 is 0 Å². The van der Waals surface area contributed by atoms with Gasteiger partial charge in [-0.1, -0.05) is 12.1 Å². The van der Waals surface area contributed by atoms with Crippen LogP contribution in [-0.4, -0.2) is 29.0 Å². The van der Waals surface area contributed by atoms with Crippen LogP contribution in [0, 0.1) is 11.3 Å². The van der Waals surface area contributed by atoms with Gasteiger partial charge in [0.25, 0.3) is 0 Å². The second kappa shape index (κ2) is 6.21. The van der Waals surface area contributed by atoms with Crippen LogP contribution in [0.4, 0.5) is 0 Å². The lowest BCUT2D eigenvalue weighted by Gasteiger charge is -2.15. The Labute approximate surface area is 135 Å². The Morgan fingerprint density at radius 1 is 1.26 bits per heavy atom. The molecule has 0 unspecified atom stereocenters. The predicted octanol–water partition coefficient (Wildman–Crippen LogP) is 2.62. The van der Waals surface area contributed by atoms with Gasteiger partial charge in [0.05, 0.1) is 5.56 Å². The van der Waals surface area contributed by atoms with Gasteiger partial charge in [0.2, 0.25) is 0 Å². The van der Waals surface area contributed by atoms with E-state index in [-0.39, 0.29) is 0 Å². The maximum Gasteiger partial charge on any atom is 0.139 e. The Bertz CT molecular complexity index is 886. The van der Waals surface area contributed by atoms with Gasteiger partial charge in [-0.2, -0.15) is 5.26 Å². The molecule has 0 fully saturated rings. The molecule has 0 saturated carbocycles. The fourth-order valence-electron chi connectivity index (χ4n) is 2.86. The lowest BCUT2D eigenvalue weighted by Crippen LogP contribution is -2.13. The second-order valence-corrected chi connectivity index (χ2v) is 5.82. The smallest absolute Gasteiger partial charge is 0.139 e. The number of nitriles is 1. The molecular weight excluding hydrogens is 286 g/mol. The summed E-state index contributed by atoms with van der Waals surface area (Å²) < 4.78 is 0. The third kappa shape index (κ3) is 2.82. The van der Waals surface area contributed by atoms with E-state index in [0.29, 0.717) is 12.1 Å². The molecule has 0 atom stereocenters. The van der Waals surface area contributed by atoms with Crippen molar-refractivity contribution in [2.75, 3.05) is 14.1 Å². The number of fused-ring (bicyclic) bond motifs is 1. The number of aromatic nitrogens is 2. The van der Waals surface area contributed by atoms with Crippen LogP contribution in [0.3, 0.4) is 0 Å². The number of hydrogen-bond donors (Lipinski definition) is 2. The molecule has 2 aromatic heterocycles. The van der Waals surface area contributed by atoms with Crippen molar-refractivity contribution in [2.24, 2.45) is 5.73 Å². The van der Waals surface area contributed by atoms with Crippen molar-refractivity contribution in [1.82, 2.24) is 14.9 Å². The molecule has 0 aliphatic heterocycles. The average Bonchev–Trinajstić information content (AvgIpc) is 2.98. The zero-order valence-corrected chi connectivity index (χ0v) is 13.3. The van der Waals surface area contributed by atoms with Gasteiger partial charge in [0.1, 0.15) is 11.7 Å². The molecule has 5 heteroatoms. The first-order chi connectivity index (χ1) is 11.1. The third-order valence-corrected chi connectivity index (χ3v) is 3.92. The van der Waals surface area contributed by atoms with E-state index in [1.54, 1.807) is 12.4 Å². The number of hydrogen-bond acceptors (Lipinski definition) is 4. The molecule has 1 aromatic carbocycles. The van der Waals surface area contributed by atoms with Crippen LogP contribution in [-0.2, 0) is 13.1 Å². The quantitative estimate of drug-likeness (QED) is 0.776. The minimum atomic E-state index is 0.490. The molecule has 3 aromatic rings. The first kappa shape index (κ1) is 15.2. The number of nitrogens with two attached hydrogens (primary N) is 1. The fraction of sp³-hybridized carbons (Fsp3) is 0.222. The molecule has 5 nitrogen and oxygen atoms in total. The van der Waals surface area contributed by atoms with Crippen molar-refractivity contribution in [3.63, 3.8) is 0 Å². The number of pyridine rings is 1. The third-order valence-electron chi connectivity index (χ3n) is 3.92. The van der Waals surface area contributed by atoms with E-state index in [0.717, 1.165) is 34.3 Å². The number of nitrogens with one attached hydrogen (secondary N) is 1. The monoisotopic (exact) mass is 305 g/mol. The Morgan fingerprint density at radius 3 is 2.78 bits per heavy atom. The van der Waals surface area contributed by atoms with E-state index in [1.165, 1.54) is 5.56 Å². The fourth-order valence-corrected chi connectivity index (χ4v) is 2.86. The van der Waals surface area contributed by atoms with Crippen LogP contribution in [0.2, 0.25) is 0 Å². The van der Waals surface area contributed by atoms with E-state index in [4.69, 9.17) is 5.73 Å². The summed E-state index contributed by atoms with van der Waals surface area (Å²) in [4.78, 5) is 9.47. The first-order valence-corrected chi connectivity index (χ1v) is 7.47. The highest BCUT2D eigenvalue weighted by molar-refractivity contribution is 5.97. The van der Waals surface area contributed by atoms with Crippen molar-refractivity contribution in [1.29, 1.82) is 5.26 Å². The number of nitrogens with zero attached hydrogens (tertiary/aromatic N) is 3. The first-order valence-electron chi connectivity index (χ1n) is 7.47. The summed E-state index contributed by atoms with van der Waals surface area (Å²) >= 11 is 0. The topological polar surface area (TPSA) is 81.7 Å². The van der Waals surface area contributed by atoms with Gasteiger partial charge in [-0.25, -0.2) is 4.98 Å². The van der Waals surface area contributed by atoms with Gasteiger partial charge >= 0.3 is 0 Å². The molecular formula is C18H19N5. The molecule has 0 aliphatic carbocycles. The van der Waals surface area contributed by atoms with Crippen LogP contribution in [0.5, 0.6) is 0 Å². The van der Waals surface area contributed by atoms with E-state index in [2.05, 4.69) is 39.1 Å². The average molecular weight is 305 g/mol. The molecule has 23 heavy (non-hydrogen) atoms. The summed E-state index contributed by atoms with van der Waals surface area (Å²) in [5.74, 6) is 0. The number of rotatable bonds is 4. The molecule has 3 rings (SSSR count). The van der Waals surface area contributed by atoms with E-state index in [1.807, 2.05) is 20.2 Å². The molecule has 0 spiro atoms. The Kier molecular flexibility index (Phi) is 4.11. The van der Waals surface area contributed by atoms with Gasteiger partial charge in [-0.3, -0.25) is 0 Å². The van der Waals surface area contributed by atoms with Gasteiger partial charge in [0.15, 0.2) is 0 Å². The highest BCUT2D eigenvalue weighted by Crippen LogP contribution is 2.31. The summed E-state index contributed by atoms with van der Waals surface area (Å²) in [6.07, 6.45) is 3.45.